The molecule has 4 heterocycles. The molecule has 9 heteroatoms. The van der Waals surface area contributed by atoms with Crippen LogP contribution in [0.1, 0.15) is 12.6 Å². The highest BCUT2D eigenvalue weighted by Gasteiger charge is 2.16. The van der Waals surface area contributed by atoms with Crippen LogP contribution in [0.15, 0.2) is 47.4 Å². The van der Waals surface area contributed by atoms with E-state index in [9.17, 15) is 4.79 Å². The number of fused-ring (bicyclic) bond motifs is 1. The molecule has 3 N–H and O–H groups in total. The predicted octanol–water partition coefficient (Wildman–Crippen LogP) is 2.66. The lowest BCUT2D eigenvalue weighted by molar-refractivity contribution is 0.589. The molecule has 0 radical (unpaired) electrons. The molecular weight excluding hydrogens is 404 g/mol. The van der Waals surface area contributed by atoms with Crippen molar-refractivity contribution in [2.75, 3.05) is 36.4 Å². The highest BCUT2D eigenvalue weighted by molar-refractivity contribution is 5.83. The van der Waals surface area contributed by atoms with E-state index in [1.165, 1.54) is 5.69 Å². The number of hydrogen-bond donors (Lipinski definition) is 3. The van der Waals surface area contributed by atoms with Crippen molar-refractivity contribution < 1.29 is 0 Å². The number of aromatic amines is 1. The highest BCUT2D eigenvalue weighted by atomic mass is 16.1. The summed E-state index contributed by atoms with van der Waals surface area (Å²) in [6, 6.07) is 11.9. The van der Waals surface area contributed by atoms with Crippen molar-refractivity contribution in [3.8, 4) is 11.3 Å². The molecule has 0 bridgehead atoms. The van der Waals surface area contributed by atoms with Crippen LogP contribution in [0.5, 0.6) is 0 Å². The number of rotatable bonds is 5. The van der Waals surface area contributed by atoms with Gasteiger partial charge in [-0.2, -0.15) is 10.1 Å². The minimum absolute atomic E-state index is 0.103. The summed E-state index contributed by atoms with van der Waals surface area (Å²) in [5.74, 6) is 0.473. The molecule has 1 aliphatic heterocycles. The zero-order valence-electron chi connectivity index (χ0n) is 18.2. The molecule has 0 saturated carbocycles. The molecule has 0 unspecified atom stereocenters. The molecule has 32 heavy (non-hydrogen) atoms. The zero-order chi connectivity index (χ0) is 22.1. The molecule has 0 spiro atoms. The second-order valence-corrected chi connectivity index (χ2v) is 7.86. The number of nitrogens with one attached hydrogen (secondary N) is 3. The van der Waals surface area contributed by atoms with Crippen LogP contribution in [0.2, 0.25) is 0 Å². The Balaban J connectivity index is 1.49. The number of nitrogens with zero attached hydrogens (tertiary/aromatic N) is 5. The second kappa shape index (κ2) is 8.43. The molecule has 3 aromatic heterocycles. The first-order valence-electron chi connectivity index (χ1n) is 10.9. The predicted molar refractivity (Wildman–Crippen MR) is 127 cm³/mol. The van der Waals surface area contributed by atoms with Crippen molar-refractivity contribution in [2.45, 2.75) is 20.4 Å². The number of benzene rings is 1. The van der Waals surface area contributed by atoms with E-state index in [2.05, 4.69) is 42.8 Å². The van der Waals surface area contributed by atoms with E-state index >= 15 is 0 Å². The summed E-state index contributed by atoms with van der Waals surface area (Å²) in [5.41, 5.74) is 4.68. The Kier molecular flexibility index (Phi) is 5.32. The summed E-state index contributed by atoms with van der Waals surface area (Å²) >= 11 is 0. The van der Waals surface area contributed by atoms with Crippen LogP contribution in [0, 0.1) is 6.92 Å². The van der Waals surface area contributed by atoms with Gasteiger partial charge in [-0.1, -0.05) is 0 Å². The maximum Gasteiger partial charge on any atom is 0.261 e. The summed E-state index contributed by atoms with van der Waals surface area (Å²) in [6.07, 6.45) is 1.64. The first kappa shape index (κ1) is 20.2. The molecule has 164 valence electrons. The minimum Gasteiger partial charge on any atom is -0.369 e. The number of pyridine rings is 1. The van der Waals surface area contributed by atoms with E-state index in [-0.39, 0.29) is 5.56 Å². The topological polar surface area (TPSA) is 104 Å². The van der Waals surface area contributed by atoms with E-state index in [0.29, 0.717) is 29.4 Å². The summed E-state index contributed by atoms with van der Waals surface area (Å²) < 4.78 is 1.68. The second-order valence-electron chi connectivity index (χ2n) is 7.86. The van der Waals surface area contributed by atoms with E-state index in [1.54, 1.807) is 16.8 Å². The number of aryl methyl sites for hydroxylation is 2. The van der Waals surface area contributed by atoms with Crippen LogP contribution in [0.4, 0.5) is 17.3 Å². The fourth-order valence-corrected chi connectivity index (χ4v) is 4.14. The Morgan fingerprint density at radius 2 is 1.88 bits per heavy atom. The molecule has 5 rings (SSSR count). The monoisotopic (exact) mass is 430 g/mol. The maximum atomic E-state index is 13.1. The molecule has 0 amide bonds. The molecule has 1 saturated heterocycles. The number of anilines is 3. The first-order chi connectivity index (χ1) is 15.6. The largest absolute Gasteiger partial charge is 0.369 e. The fraction of sp³-hybridized carbons (Fsp3) is 0.304. The van der Waals surface area contributed by atoms with Crippen LogP contribution >= 0.6 is 0 Å². The molecule has 0 aliphatic carbocycles. The van der Waals surface area contributed by atoms with Crippen molar-refractivity contribution in [3.63, 3.8) is 0 Å². The molecule has 1 aromatic carbocycles. The standard InChI is InChI=1S/C23H26N8O/c1-3-31-21-18(14-19(22(31)32)20-8-9-25-29-20)15(2)26-23(28-21)27-16-4-6-17(7-5-16)30-12-10-24-11-13-30/h4-9,14,24H,3,10-13H2,1-2H3,(H,25,29)(H,26,27,28). The third kappa shape index (κ3) is 3.71. The molecule has 0 atom stereocenters. The number of hydrogen-bond acceptors (Lipinski definition) is 7. The van der Waals surface area contributed by atoms with Crippen molar-refractivity contribution >= 4 is 28.4 Å². The van der Waals surface area contributed by atoms with Gasteiger partial charge < -0.3 is 15.5 Å². The average molecular weight is 431 g/mol. The lowest BCUT2D eigenvalue weighted by Gasteiger charge is -2.29. The van der Waals surface area contributed by atoms with Gasteiger partial charge in [0, 0.05) is 55.7 Å². The molecule has 9 nitrogen and oxygen atoms in total. The lowest BCUT2D eigenvalue weighted by Crippen LogP contribution is -2.43. The Morgan fingerprint density at radius 3 is 2.56 bits per heavy atom. The normalized spacial score (nSPS) is 14.1. The fourth-order valence-electron chi connectivity index (χ4n) is 4.14. The third-order valence-electron chi connectivity index (χ3n) is 5.85. The van der Waals surface area contributed by atoms with E-state index in [1.807, 2.05) is 32.0 Å². The van der Waals surface area contributed by atoms with Crippen LogP contribution in [-0.2, 0) is 6.54 Å². The molecule has 1 fully saturated rings. The lowest BCUT2D eigenvalue weighted by atomic mass is 10.1. The van der Waals surface area contributed by atoms with Crippen LogP contribution in [0.25, 0.3) is 22.3 Å². The van der Waals surface area contributed by atoms with Gasteiger partial charge in [-0.05, 0) is 50.2 Å². The van der Waals surface area contributed by atoms with Gasteiger partial charge in [-0.25, -0.2) is 4.98 Å². The van der Waals surface area contributed by atoms with E-state index < -0.39 is 0 Å². The van der Waals surface area contributed by atoms with Gasteiger partial charge in [0.1, 0.15) is 5.65 Å². The molecule has 1 aliphatic rings. The number of aromatic nitrogens is 5. The zero-order valence-corrected chi connectivity index (χ0v) is 18.2. The maximum absolute atomic E-state index is 13.1. The van der Waals surface area contributed by atoms with Crippen molar-refractivity contribution in [2.24, 2.45) is 0 Å². The van der Waals surface area contributed by atoms with Crippen LogP contribution < -0.4 is 21.1 Å². The van der Waals surface area contributed by atoms with Gasteiger partial charge in [-0.15, -0.1) is 0 Å². The number of H-pyrrole nitrogens is 1. The van der Waals surface area contributed by atoms with Gasteiger partial charge in [0.05, 0.1) is 17.0 Å². The van der Waals surface area contributed by atoms with Crippen molar-refractivity contribution in [1.29, 1.82) is 0 Å². The van der Waals surface area contributed by atoms with Crippen molar-refractivity contribution in [3.05, 3.63) is 58.6 Å². The van der Waals surface area contributed by atoms with Gasteiger partial charge in [0.25, 0.3) is 5.56 Å². The van der Waals surface area contributed by atoms with Gasteiger partial charge in [0.15, 0.2) is 0 Å². The Bertz CT molecular complexity index is 1290. The van der Waals surface area contributed by atoms with Crippen LogP contribution in [-0.4, -0.2) is 50.9 Å². The van der Waals surface area contributed by atoms with E-state index in [4.69, 9.17) is 4.98 Å². The molecular formula is C23H26N8O. The Labute approximate surface area is 185 Å². The first-order valence-corrected chi connectivity index (χ1v) is 10.9. The summed E-state index contributed by atoms with van der Waals surface area (Å²) in [5, 5.41) is 14.4. The third-order valence-corrected chi connectivity index (χ3v) is 5.85. The summed E-state index contributed by atoms with van der Waals surface area (Å²) in [7, 11) is 0. The summed E-state index contributed by atoms with van der Waals surface area (Å²) in [6.45, 7) is 8.41. The quantitative estimate of drug-likeness (QED) is 0.447. The Morgan fingerprint density at radius 1 is 1.09 bits per heavy atom. The van der Waals surface area contributed by atoms with E-state index in [0.717, 1.165) is 42.9 Å². The molecule has 4 aromatic rings. The Hall–Kier alpha value is -3.72. The SMILES string of the molecule is CCn1c(=O)c(-c2ccn[nH]2)cc2c(C)nc(Nc3ccc(N4CCNCC4)cc3)nc21. The van der Waals surface area contributed by atoms with Crippen molar-refractivity contribution in [1.82, 2.24) is 30.0 Å². The summed E-state index contributed by atoms with van der Waals surface area (Å²) in [4.78, 5) is 24.8. The average Bonchev–Trinajstić information content (AvgIpc) is 3.35. The smallest absolute Gasteiger partial charge is 0.261 e. The van der Waals surface area contributed by atoms with Crippen LogP contribution in [0.3, 0.4) is 0 Å². The van der Waals surface area contributed by atoms with Gasteiger partial charge in [-0.3, -0.25) is 14.5 Å². The minimum atomic E-state index is -0.103. The highest BCUT2D eigenvalue weighted by Crippen LogP contribution is 2.24. The van der Waals surface area contributed by atoms with Gasteiger partial charge >= 0.3 is 0 Å². The van der Waals surface area contributed by atoms with Gasteiger partial charge in [0.2, 0.25) is 5.95 Å². The number of piperazine rings is 1.